The maximum Gasteiger partial charge on any atom is 0.355 e. The van der Waals surface area contributed by atoms with Crippen LogP contribution in [-0.4, -0.2) is 49.6 Å². The summed E-state index contributed by atoms with van der Waals surface area (Å²) in [6.45, 7) is 0.0267. The molecule has 4 rings (SSSR count). The average Bonchev–Trinajstić information content (AvgIpc) is 3.33. The largest absolute Gasteiger partial charge is 0.466 e. The molecule has 9 nitrogen and oxygen atoms in total. The number of nitrogens with zero attached hydrogens (tertiary/aromatic N) is 3. The molecular weight excluding hydrogens is 402 g/mol. The first-order valence-corrected chi connectivity index (χ1v) is 9.37. The van der Waals surface area contributed by atoms with Crippen molar-refractivity contribution in [3.63, 3.8) is 0 Å². The number of esters is 2. The topological polar surface area (TPSA) is 104 Å². The van der Waals surface area contributed by atoms with Gasteiger partial charge in [-0.25, -0.2) is 9.59 Å². The highest BCUT2D eigenvalue weighted by Gasteiger charge is 2.32. The first-order chi connectivity index (χ1) is 15.1. The Kier molecular flexibility index (Phi) is 5.76. The number of benzene rings is 2. The number of carbonyl (C=O) groups excluding carboxylic acids is 2. The van der Waals surface area contributed by atoms with E-state index in [1.807, 2.05) is 30.3 Å². The maximum atomic E-state index is 12.4. The molecule has 0 atom stereocenters. The molecule has 0 unspecified atom stereocenters. The average molecular weight is 421 g/mol. The van der Waals surface area contributed by atoms with Gasteiger partial charge in [0, 0.05) is 16.8 Å². The van der Waals surface area contributed by atoms with Crippen LogP contribution >= 0.6 is 0 Å². The summed E-state index contributed by atoms with van der Waals surface area (Å²) in [5, 5.41) is 4.02. The molecule has 1 aromatic heterocycles. The SMILES string of the molecule is COC(=O)C1=C(C(=O)OC)N(c2ccc(-c3nc(-c4ccccc4)no3)cc2)COC1. The predicted molar refractivity (Wildman–Crippen MR) is 110 cm³/mol. The van der Waals surface area contributed by atoms with Crippen molar-refractivity contribution in [3.8, 4) is 22.8 Å². The van der Waals surface area contributed by atoms with Crippen molar-refractivity contribution in [2.75, 3.05) is 32.5 Å². The summed E-state index contributed by atoms with van der Waals surface area (Å²) in [6, 6.07) is 16.6. The fraction of sp³-hybridized carbons (Fsp3) is 0.182. The molecule has 2 aromatic carbocycles. The molecule has 0 bridgehead atoms. The standard InChI is InChI=1S/C22H19N3O6/c1-28-21(26)17-12-30-13-25(18(17)22(27)29-2)16-10-8-15(9-11-16)20-23-19(24-31-20)14-6-4-3-5-7-14/h3-11H,12-13H2,1-2H3. The van der Waals surface area contributed by atoms with E-state index >= 15 is 0 Å². The highest BCUT2D eigenvalue weighted by molar-refractivity contribution is 6.03. The minimum Gasteiger partial charge on any atom is -0.466 e. The van der Waals surface area contributed by atoms with Crippen molar-refractivity contribution in [3.05, 3.63) is 65.9 Å². The molecule has 0 spiro atoms. The Labute approximate surface area is 177 Å². The van der Waals surface area contributed by atoms with E-state index in [1.54, 1.807) is 29.2 Å². The minimum atomic E-state index is -0.655. The van der Waals surface area contributed by atoms with Gasteiger partial charge < -0.3 is 23.6 Å². The summed E-state index contributed by atoms with van der Waals surface area (Å²) in [7, 11) is 2.49. The Hall–Kier alpha value is -3.98. The number of carbonyl (C=O) groups is 2. The maximum absolute atomic E-state index is 12.4. The van der Waals surface area contributed by atoms with Crippen molar-refractivity contribution < 1.29 is 28.3 Å². The van der Waals surface area contributed by atoms with Crippen LogP contribution in [-0.2, 0) is 23.8 Å². The molecule has 0 radical (unpaired) electrons. The second kappa shape index (κ2) is 8.80. The Morgan fingerprint density at radius 2 is 1.65 bits per heavy atom. The summed E-state index contributed by atoms with van der Waals surface area (Å²) >= 11 is 0. The molecule has 0 saturated carbocycles. The molecule has 158 valence electrons. The quantitative estimate of drug-likeness (QED) is 0.575. The van der Waals surface area contributed by atoms with Crippen LogP contribution in [0.15, 0.2) is 70.4 Å². The number of aromatic nitrogens is 2. The number of methoxy groups -OCH3 is 2. The Bertz CT molecular complexity index is 1120. The molecule has 2 heterocycles. The first kappa shape index (κ1) is 20.3. The monoisotopic (exact) mass is 421 g/mol. The number of rotatable bonds is 5. The van der Waals surface area contributed by atoms with Gasteiger partial charge in [0.15, 0.2) is 0 Å². The van der Waals surface area contributed by atoms with Gasteiger partial charge in [-0.15, -0.1) is 0 Å². The van der Waals surface area contributed by atoms with Gasteiger partial charge in [-0.05, 0) is 24.3 Å². The molecule has 1 aliphatic rings. The third-order valence-electron chi connectivity index (χ3n) is 4.72. The zero-order valence-electron chi connectivity index (χ0n) is 16.9. The Morgan fingerprint density at radius 3 is 2.32 bits per heavy atom. The number of ether oxygens (including phenoxy) is 3. The van der Waals surface area contributed by atoms with Crippen LogP contribution in [0.1, 0.15) is 0 Å². The van der Waals surface area contributed by atoms with Crippen LogP contribution in [0.4, 0.5) is 5.69 Å². The Morgan fingerprint density at radius 1 is 0.935 bits per heavy atom. The van der Waals surface area contributed by atoms with E-state index in [0.29, 0.717) is 23.0 Å². The second-order valence-electron chi connectivity index (χ2n) is 6.55. The molecule has 9 heteroatoms. The lowest BCUT2D eigenvalue weighted by Crippen LogP contribution is -2.38. The third-order valence-corrected chi connectivity index (χ3v) is 4.72. The van der Waals surface area contributed by atoms with Gasteiger partial charge in [-0.2, -0.15) is 4.98 Å². The van der Waals surface area contributed by atoms with Crippen molar-refractivity contribution in [1.29, 1.82) is 0 Å². The van der Waals surface area contributed by atoms with Gasteiger partial charge >= 0.3 is 11.9 Å². The number of hydrogen-bond donors (Lipinski definition) is 0. The molecule has 0 N–H and O–H groups in total. The summed E-state index contributed by atoms with van der Waals surface area (Å²) in [5.74, 6) is -0.458. The molecule has 0 fully saturated rings. The van der Waals surface area contributed by atoms with E-state index in [1.165, 1.54) is 14.2 Å². The van der Waals surface area contributed by atoms with Gasteiger partial charge in [-0.1, -0.05) is 35.5 Å². The first-order valence-electron chi connectivity index (χ1n) is 9.37. The van der Waals surface area contributed by atoms with Gasteiger partial charge in [-0.3, -0.25) is 0 Å². The normalized spacial score (nSPS) is 13.8. The zero-order valence-corrected chi connectivity index (χ0v) is 16.9. The molecule has 1 aliphatic heterocycles. The Balaban J connectivity index is 1.64. The van der Waals surface area contributed by atoms with Crippen LogP contribution in [0.3, 0.4) is 0 Å². The lowest BCUT2D eigenvalue weighted by Gasteiger charge is -2.31. The van der Waals surface area contributed by atoms with Gasteiger partial charge in [0.2, 0.25) is 5.82 Å². The van der Waals surface area contributed by atoms with E-state index in [9.17, 15) is 9.59 Å². The van der Waals surface area contributed by atoms with Crippen LogP contribution in [0.25, 0.3) is 22.8 Å². The van der Waals surface area contributed by atoms with Crippen LogP contribution in [0.2, 0.25) is 0 Å². The van der Waals surface area contributed by atoms with Crippen molar-refractivity contribution >= 4 is 17.6 Å². The van der Waals surface area contributed by atoms with Crippen molar-refractivity contribution in [2.45, 2.75) is 0 Å². The summed E-state index contributed by atoms with van der Waals surface area (Å²) in [6.07, 6.45) is 0. The van der Waals surface area contributed by atoms with Crippen LogP contribution < -0.4 is 4.90 Å². The van der Waals surface area contributed by atoms with E-state index in [0.717, 1.165) is 5.56 Å². The highest BCUT2D eigenvalue weighted by atomic mass is 16.5. The van der Waals surface area contributed by atoms with Crippen LogP contribution in [0.5, 0.6) is 0 Å². The highest BCUT2D eigenvalue weighted by Crippen LogP contribution is 2.29. The van der Waals surface area contributed by atoms with E-state index in [2.05, 4.69) is 10.1 Å². The van der Waals surface area contributed by atoms with Gasteiger partial charge in [0.05, 0.1) is 26.4 Å². The minimum absolute atomic E-state index is 0.0457. The number of anilines is 1. The van der Waals surface area contributed by atoms with E-state index in [-0.39, 0.29) is 24.6 Å². The molecule has 0 saturated heterocycles. The molecule has 3 aromatic rings. The smallest absolute Gasteiger partial charge is 0.355 e. The summed E-state index contributed by atoms with van der Waals surface area (Å²) in [5.41, 5.74) is 2.34. The second-order valence-corrected chi connectivity index (χ2v) is 6.55. The molecule has 0 aliphatic carbocycles. The van der Waals surface area contributed by atoms with E-state index in [4.69, 9.17) is 18.7 Å². The van der Waals surface area contributed by atoms with Gasteiger partial charge in [0.25, 0.3) is 5.89 Å². The van der Waals surface area contributed by atoms with Crippen LogP contribution in [0, 0.1) is 0 Å². The van der Waals surface area contributed by atoms with Gasteiger partial charge in [0.1, 0.15) is 12.4 Å². The lowest BCUT2D eigenvalue weighted by atomic mass is 10.1. The van der Waals surface area contributed by atoms with E-state index < -0.39 is 11.9 Å². The zero-order chi connectivity index (χ0) is 21.8. The number of hydrogen-bond acceptors (Lipinski definition) is 9. The van der Waals surface area contributed by atoms with Crippen molar-refractivity contribution in [2.24, 2.45) is 0 Å². The molecule has 31 heavy (non-hydrogen) atoms. The molecule has 0 amide bonds. The third kappa shape index (κ3) is 4.03. The van der Waals surface area contributed by atoms with Crippen molar-refractivity contribution in [1.82, 2.24) is 10.1 Å². The predicted octanol–water partition coefficient (Wildman–Crippen LogP) is 2.80. The lowest BCUT2D eigenvalue weighted by molar-refractivity contribution is -0.140. The summed E-state index contributed by atoms with van der Waals surface area (Å²) < 4.78 is 20.5. The fourth-order valence-corrected chi connectivity index (χ4v) is 3.18. The summed E-state index contributed by atoms with van der Waals surface area (Å²) in [4.78, 5) is 30.5. The molecular formula is C22H19N3O6. The fourth-order valence-electron chi connectivity index (χ4n) is 3.18.